The summed E-state index contributed by atoms with van der Waals surface area (Å²) in [5.41, 5.74) is 0. The maximum atomic E-state index is 11.6. The van der Waals surface area contributed by atoms with Crippen LogP contribution in [0.3, 0.4) is 0 Å². The summed E-state index contributed by atoms with van der Waals surface area (Å²) in [7, 11) is 5.24. The summed E-state index contributed by atoms with van der Waals surface area (Å²) in [5.74, 6) is 0. The quantitative estimate of drug-likeness (QED) is 0.638. The Hall–Kier alpha value is -0.770. The Labute approximate surface area is 79.4 Å². The summed E-state index contributed by atoms with van der Waals surface area (Å²) in [6.45, 7) is 1.52. The molecule has 76 valence electrons. The molecule has 4 heteroatoms. The summed E-state index contributed by atoms with van der Waals surface area (Å²) in [6, 6.07) is 0.374. The van der Waals surface area contributed by atoms with Gasteiger partial charge in [-0.1, -0.05) is 0 Å². The van der Waals surface area contributed by atoms with E-state index in [-0.39, 0.29) is 12.1 Å². The van der Waals surface area contributed by atoms with Crippen LogP contribution in [0.2, 0.25) is 0 Å². The van der Waals surface area contributed by atoms with Crippen LogP contribution in [0.15, 0.2) is 0 Å². The number of rotatable bonds is 2. The van der Waals surface area contributed by atoms with Gasteiger partial charge in [0.1, 0.15) is 0 Å². The third kappa shape index (κ3) is 2.34. The first-order valence-corrected chi connectivity index (χ1v) is 4.63. The molecule has 13 heavy (non-hydrogen) atoms. The normalized spacial score (nSPS) is 22.1. The van der Waals surface area contributed by atoms with E-state index in [1.807, 2.05) is 4.90 Å². The third-order valence-electron chi connectivity index (χ3n) is 2.36. The Morgan fingerprint density at radius 2 is 2.31 bits per heavy atom. The second kappa shape index (κ2) is 4.46. The molecule has 0 aromatic rings. The lowest BCUT2D eigenvalue weighted by Crippen LogP contribution is -2.43. The average Bonchev–Trinajstić information content (AvgIpc) is 2.52. The largest absolute Gasteiger partial charge is 0.383 e. The van der Waals surface area contributed by atoms with Crippen molar-refractivity contribution in [2.45, 2.75) is 18.9 Å². The minimum Gasteiger partial charge on any atom is -0.383 e. The first-order valence-electron chi connectivity index (χ1n) is 4.63. The van der Waals surface area contributed by atoms with Gasteiger partial charge in [-0.2, -0.15) is 0 Å². The van der Waals surface area contributed by atoms with E-state index in [0.29, 0.717) is 6.61 Å². The van der Waals surface area contributed by atoms with Crippen LogP contribution < -0.4 is 0 Å². The number of carbonyl (C=O) groups excluding carboxylic acids is 1. The zero-order chi connectivity index (χ0) is 9.84. The number of methoxy groups -OCH3 is 1. The molecule has 1 unspecified atom stereocenters. The van der Waals surface area contributed by atoms with Gasteiger partial charge in [0, 0.05) is 27.7 Å². The van der Waals surface area contributed by atoms with Gasteiger partial charge in [0.15, 0.2) is 0 Å². The lowest BCUT2D eigenvalue weighted by molar-refractivity contribution is 0.113. The fraction of sp³-hybridized carbons (Fsp3) is 0.889. The molecule has 0 aromatic carbocycles. The van der Waals surface area contributed by atoms with Gasteiger partial charge in [-0.3, -0.25) is 0 Å². The number of hydrogen-bond donors (Lipinski definition) is 0. The van der Waals surface area contributed by atoms with Crippen molar-refractivity contribution in [3.8, 4) is 0 Å². The fourth-order valence-corrected chi connectivity index (χ4v) is 1.71. The third-order valence-corrected chi connectivity index (χ3v) is 2.36. The molecule has 1 aliphatic rings. The predicted molar refractivity (Wildman–Crippen MR) is 50.7 cm³/mol. The molecule has 1 heterocycles. The summed E-state index contributed by atoms with van der Waals surface area (Å²) in [4.78, 5) is 15.1. The van der Waals surface area contributed by atoms with Crippen molar-refractivity contribution >= 4 is 6.03 Å². The summed E-state index contributed by atoms with van der Waals surface area (Å²) in [6.07, 6.45) is 2.15. The van der Waals surface area contributed by atoms with Crippen molar-refractivity contribution in [1.29, 1.82) is 0 Å². The minimum atomic E-state index is 0.0968. The molecule has 0 aliphatic carbocycles. The van der Waals surface area contributed by atoms with E-state index in [1.165, 1.54) is 0 Å². The molecule has 1 saturated heterocycles. The molecule has 0 N–H and O–H groups in total. The van der Waals surface area contributed by atoms with E-state index >= 15 is 0 Å². The Morgan fingerprint density at radius 3 is 2.85 bits per heavy atom. The standard InChI is InChI=1S/C9H18N2O2/c1-10(2)9(12)11-6-4-5-8(11)7-13-3/h8H,4-7H2,1-3H3. The molecule has 1 aliphatic heterocycles. The summed E-state index contributed by atoms with van der Waals surface area (Å²) >= 11 is 0. The number of carbonyl (C=O) groups is 1. The number of ether oxygens (including phenoxy) is 1. The summed E-state index contributed by atoms with van der Waals surface area (Å²) in [5, 5.41) is 0. The van der Waals surface area contributed by atoms with Crippen molar-refractivity contribution in [2.75, 3.05) is 34.4 Å². The van der Waals surface area contributed by atoms with Crippen molar-refractivity contribution in [3.05, 3.63) is 0 Å². The van der Waals surface area contributed by atoms with Crippen molar-refractivity contribution in [3.63, 3.8) is 0 Å². The average molecular weight is 186 g/mol. The van der Waals surface area contributed by atoms with Gasteiger partial charge < -0.3 is 14.5 Å². The first kappa shape index (κ1) is 10.3. The van der Waals surface area contributed by atoms with Crippen molar-refractivity contribution in [1.82, 2.24) is 9.80 Å². The van der Waals surface area contributed by atoms with Gasteiger partial charge in [0.25, 0.3) is 0 Å². The van der Waals surface area contributed by atoms with E-state index < -0.39 is 0 Å². The van der Waals surface area contributed by atoms with E-state index in [1.54, 1.807) is 26.1 Å². The maximum Gasteiger partial charge on any atom is 0.319 e. The first-order chi connectivity index (χ1) is 6.16. The molecule has 0 radical (unpaired) electrons. The lowest BCUT2D eigenvalue weighted by atomic mass is 10.2. The van der Waals surface area contributed by atoms with Gasteiger partial charge in [0.2, 0.25) is 0 Å². The molecule has 1 rings (SSSR count). The van der Waals surface area contributed by atoms with Crippen LogP contribution in [0.4, 0.5) is 4.79 Å². The molecule has 4 nitrogen and oxygen atoms in total. The van der Waals surface area contributed by atoms with E-state index in [9.17, 15) is 4.79 Å². The molecular weight excluding hydrogens is 168 g/mol. The number of nitrogens with zero attached hydrogens (tertiary/aromatic N) is 2. The highest BCUT2D eigenvalue weighted by atomic mass is 16.5. The van der Waals surface area contributed by atoms with Gasteiger partial charge >= 0.3 is 6.03 Å². The Kier molecular flexibility index (Phi) is 3.54. The van der Waals surface area contributed by atoms with Crippen molar-refractivity contribution in [2.24, 2.45) is 0 Å². The van der Waals surface area contributed by atoms with Crippen LogP contribution >= 0.6 is 0 Å². The summed E-state index contributed by atoms with van der Waals surface area (Å²) < 4.78 is 5.07. The van der Waals surface area contributed by atoms with Gasteiger partial charge in [0.05, 0.1) is 12.6 Å². The van der Waals surface area contributed by atoms with Crippen LogP contribution in [0.25, 0.3) is 0 Å². The van der Waals surface area contributed by atoms with Crippen LogP contribution in [-0.4, -0.2) is 56.2 Å². The highest BCUT2D eigenvalue weighted by Crippen LogP contribution is 2.18. The second-order valence-electron chi connectivity index (χ2n) is 3.62. The van der Waals surface area contributed by atoms with Crippen LogP contribution in [0, 0.1) is 0 Å². The van der Waals surface area contributed by atoms with Gasteiger partial charge in [-0.15, -0.1) is 0 Å². The van der Waals surface area contributed by atoms with Crippen molar-refractivity contribution < 1.29 is 9.53 Å². The molecule has 1 fully saturated rings. The smallest absolute Gasteiger partial charge is 0.319 e. The molecule has 0 aromatic heterocycles. The number of urea groups is 1. The van der Waals surface area contributed by atoms with Crippen LogP contribution in [0.5, 0.6) is 0 Å². The van der Waals surface area contributed by atoms with E-state index in [4.69, 9.17) is 4.74 Å². The molecule has 2 amide bonds. The lowest BCUT2D eigenvalue weighted by Gasteiger charge is -2.27. The van der Waals surface area contributed by atoms with E-state index in [2.05, 4.69) is 0 Å². The Bertz CT molecular complexity index is 182. The second-order valence-corrected chi connectivity index (χ2v) is 3.62. The molecule has 0 bridgehead atoms. The number of likely N-dealkylation sites (tertiary alicyclic amines) is 1. The zero-order valence-electron chi connectivity index (χ0n) is 8.62. The minimum absolute atomic E-state index is 0.0968. The Balaban J connectivity index is 2.52. The molecule has 0 saturated carbocycles. The zero-order valence-corrected chi connectivity index (χ0v) is 8.62. The number of hydrogen-bond acceptors (Lipinski definition) is 2. The molecule has 1 atom stereocenters. The van der Waals surface area contributed by atoms with E-state index in [0.717, 1.165) is 19.4 Å². The van der Waals surface area contributed by atoms with Crippen LogP contribution in [0.1, 0.15) is 12.8 Å². The predicted octanol–water partition coefficient (Wildman–Crippen LogP) is 0.779. The monoisotopic (exact) mass is 186 g/mol. The van der Waals surface area contributed by atoms with Crippen LogP contribution in [-0.2, 0) is 4.74 Å². The van der Waals surface area contributed by atoms with Gasteiger partial charge in [-0.05, 0) is 12.8 Å². The highest BCUT2D eigenvalue weighted by Gasteiger charge is 2.29. The fourth-order valence-electron chi connectivity index (χ4n) is 1.71. The Morgan fingerprint density at radius 1 is 1.62 bits per heavy atom. The topological polar surface area (TPSA) is 32.8 Å². The highest BCUT2D eigenvalue weighted by molar-refractivity contribution is 5.74. The van der Waals surface area contributed by atoms with Gasteiger partial charge in [-0.25, -0.2) is 4.79 Å². The SMILES string of the molecule is COCC1CCCN1C(=O)N(C)C. The molecule has 0 spiro atoms. The molecular formula is C9H18N2O2. The maximum absolute atomic E-state index is 11.6. The number of amides is 2.